The minimum atomic E-state index is -0.949. The van der Waals surface area contributed by atoms with E-state index in [0.29, 0.717) is 5.69 Å². The van der Waals surface area contributed by atoms with Gasteiger partial charge in [-0.05, 0) is 49.2 Å². The fraction of sp³-hybridized carbons (Fsp3) is 0.200. The molecule has 28 heavy (non-hydrogen) atoms. The molecule has 0 aliphatic carbocycles. The van der Waals surface area contributed by atoms with Crippen LogP contribution in [-0.2, 0) is 19.1 Å². The monoisotopic (exact) mass is 383 g/mol. The third-order valence-electron chi connectivity index (χ3n) is 3.99. The average Bonchev–Trinajstić information content (AvgIpc) is 2.68. The smallest absolute Gasteiger partial charge is 0.339 e. The van der Waals surface area contributed by atoms with Crippen molar-refractivity contribution in [1.82, 2.24) is 5.32 Å². The van der Waals surface area contributed by atoms with Crippen LogP contribution in [0.5, 0.6) is 0 Å². The van der Waals surface area contributed by atoms with Gasteiger partial charge in [0.25, 0.3) is 0 Å². The highest BCUT2D eigenvalue weighted by atomic mass is 16.5. The Balaban J connectivity index is 1.90. The minimum absolute atomic E-state index is 0.178. The maximum atomic E-state index is 12.0. The van der Waals surface area contributed by atoms with Gasteiger partial charge in [-0.25, -0.2) is 4.79 Å². The number of esters is 1. The van der Waals surface area contributed by atoms with Crippen LogP contribution in [0.15, 0.2) is 42.5 Å². The van der Waals surface area contributed by atoms with E-state index in [-0.39, 0.29) is 11.3 Å². The van der Waals surface area contributed by atoms with Gasteiger partial charge >= 0.3 is 17.8 Å². The number of rotatable bonds is 5. The quantitative estimate of drug-likeness (QED) is 0.538. The molecule has 0 atom stereocenters. The largest absolute Gasteiger partial charge is 0.465 e. The summed E-state index contributed by atoms with van der Waals surface area (Å²) in [4.78, 5) is 47.6. The van der Waals surface area contributed by atoms with Crippen molar-refractivity contribution in [3.63, 3.8) is 0 Å². The van der Waals surface area contributed by atoms with Crippen LogP contribution in [0.2, 0.25) is 0 Å². The summed E-state index contributed by atoms with van der Waals surface area (Å²) in [5, 5.41) is 7.20. The van der Waals surface area contributed by atoms with E-state index in [1.54, 1.807) is 24.3 Å². The van der Waals surface area contributed by atoms with E-state index in [0.717, 1.165) is 11.1 Å². The van der Waals surface area contributed by atoms with Crippen LogP contribution in [0, 0.1) is 13.8 Å². The number of nitrogens with one attached hydrogen (secondary N) is 3. The zero-order valence-corrected chi connectivity index (χ0v) is 15.8. The van der Waals surface area contributed by atoms with Crippen molar-refractivity contribution in [2.45, 2.75) is 13.8 Å². The topological polar surface area (TPSA) is 114 Å². The maximum Gasteiger partial charge on any atom is 0.339 e. The average molecular weight is 383 g/mol. The molecule has 0 aliphatic heterocycles. The summed E-state index contributed by atoms with van der Waals surface area (Å²) in [7, 11) is 1.23. The van der Waals surface area contributed by atoms with Crippen molar-refractivity contribution in [2.75, 3.05) is 24.3 Å². The van der Waals surface area contributed by atoms with Crippen molar-refractivity contribution in [2.24, 2.45) is 0 Å². The van der Waals surface area contributed by atoms with Crippen molar-refractivity contribution < 1.29 is 23.9 Å². The van der Waals surface area contributed by atoms with Gasteiger partial charge < -0.3 is 20.7 Å². The third kappa shape index (κ3) is 5.41. The first-order valence-electron chi connectivity index (χ1n) is 8.45. The van der Waals surface area contributed by atoms with Crippen LogP contribution in [-0.4, -0.2) is 37.3 Å². The molecule has 0 unspecified atom stereocenters. The van der Waals surface area contributed by atoms with E-state index >= 15 is 0 Å². The SMILES string of the molecule is COC(=O)c1ccccc1NC(=O)CNC(=O)C(=O)Nc1ccc(C)c(C)c1. The summed E-state index contributed by atoms with van der Waals surface area (Å²) in [5.74, 6) is -3.03. The lowest BCUT2D eigenvalue weighted by atomic mass is 10.1. The van der Waals surface area contributed by atoms with E-state index in [1.807, 2.05) is 19.9 Å². The molecule has 0 fully saturated rings. The summed E-state index contributed by atoms with van der Waals surface area (Å²) in [6.07, 6.45) is 0. The van der Waals surface area contributed by atoms with Crippen LogP contribution in [0.1, 0.15) is 21.5 Å². The van der Waals surface area contributed by atoms with Gasteiger partial charge in [0.2, 0.25) is 5.91 Å². The molecule has 0 radical (unpaired) electrons. The molecule has 2 rings (SSSR count). The molecule has 2 aromatic carbocycles. The lowest BCUT2D eigenvalue weighted by Gasteiger charge is -2.10. The molecule has 146 valence electrons. The predicted molar refractivity (Wildman–Crippen MR) is 104 cm³/mol. The van der Waals surface area contributed by atoms with Crippen molar-refractivity contribution in [3.8, 4) is 0 Å². The molecule has 8 heteroatoms. The highest BCUT2D eigenvalue weighted by Gasteiger charge is 2.17. The number of hydrogen-bond acceptors (Lipinski definition) is 5. The number of aryl methyl sites for hydroxylation is 2. The van der Waals surface area contributed by atoms with Crippen molar-refractivity contribution >= 4 is 35.1 Å². The summed E-state index contributed by atoms with van der Waals surface area (Å²) >= 11 is 0. The van der Waals surface area contributed by atoms with Gasteiger partial charge in [0, 0.05) is 5.69 Å². The molecular formula is C20H21N3O5. The fourth-order valence-electron chi connectivity index (χ4n) is 2.32. The molecule has 8 nitrogen and oxygen atoms in total. The second-order valence-electron chi connectivity index (χ2n) is 6.02. The van der Waals surface area contributed by atoms with Crippen LogP contribution in [0.4, 0.5) is 11.4 Å². The van der Waals surface area contributed by atoms with Crippen LogP contribution >= 0.6 is 0 Å². The number of hydrogen-bond donors (Lipinski definition) is 3. The third-order valence-corrected chi connectivity index (χ3v) is 3.99. The highest BCUT2D eigenvalue weighted by molar-refractivity contribution is 6.40. The first-order chi connectivity index (χ1) is 13.3. The number of carbonyl (C=O) groups is 4. The molecule has 0 spiro atoms. The molecular weight excluding hydrogens is 362 g/mol. The number of amides is 3. The zero-order chi connectivity index (χ0) is 20.7. The Kier molecular flexibility index (Phi) is 6.86. The number of benzene rings is 2. The Morgan fingerprint density at radius 2 is 1.61 bits per heavy atom. The first kappa shape index (κ1) is 20.6. The number of para-hydroxylation sites is 1. The number of ether oxygens (including phenoxy) is 1. The molecule has 0 heterocycles. The van der Waals surface area contributed by atoms with E-state index in [2.05, 4.69) is 20.7 Å². The summed E-state index contributed by atoms with van der Waals surface area (Å²) < 4.78 is 4.65. The molecule has 3 N–H and O–H groups in total. The number of methoxy groups -OCH3 is 1. The minimum Gasteiger partial charge on any atom is -0.465 e. The van der Waals surface area contributed by atoms with E-state index in [1.165, 1.54) is 19.2 Å². The van der Waals surface area contributed by atoms with Gasteiger partial charge in [-0.2, -0.15) is 0 Å². The van der Waals surface area contributed by atoms with Gasteiger partial charge in [-0.3, -0.25) is 14.4 Å². The molecule has 0 aliphatic rings. The Hall–Kier alpha value is -3.68. The highest BCUT2D eigenvalue weighted by Crippen LogP contribution is 2.16. The Labute approximate surface area is 162 Å². The zero-order valence-electron chi connectivity index (χ0n) is 15.8. The first-order valence-corrected chi connectivity index (χ1v) is 8.45. The van der Waals surface area contributed by atoms with Gasteiger partial charge in [-0.15, -0.1) is 0 Å². The normalized spacial score (nSPS) is 9.96. The number of carbonyl (C=O) groups excluding carboxylic acids is 4. The van der Waals surface area contributed by atoms with Crippen LogP contribution in [0.25, 0.3) is 0 Å². The molecule has 2 aromatic rings. The second-order valence-corrected chi connectivity index (χ2v) is 6.02. The van der Waals surface area contributed by atoms with Crippen molar-refractivity contribution in [3.05, 3.63) is 59.2 Å². The van der Waals surface area contributed by atoms with Crippen LogP contribution < -0.4 is 16.0 Å². The molecule has 0 saturated carbocycles. The van der Waals surface area contributed by atoms with E-state index < -0.39 is 30.2 Å². The summed E-state index contributed by atoms with van der Waals surface area (Å²) in [6, 6.07) is 11.5. The predicted octanol–water partition coefficient (Wildman–Crippen LogP) is 1.78. The number of anilines is 2. The van der Waals surface area contributed by atoms with E-state index in [4.69, 9.17) is 0 Å². The molecule has 0 saturated heterocycles. The fourth-order valence-corrected chi connectivity index (χ4v) is 2.32. The van der Waals surface area contributed by atoms with Gasteiger partial charge in [0.1, 0.15) is 0 Å². The lowest BCUT2D eigenvalue weighted by molar-refractivity contribution is -0.136. The van der Waals surface area contributed by atoms with Gasteiger partial charge in [-0.1, -0.05) is 18.2 Å². The van der Waals surface area contributed by atoms with Gasteiger partial charge in [0.05, 0.1) is 24.9 Å². The molecule has 0 bridgehead atoms. The maximum absolute atomic E-state index is 12.0. The Morgan fingerprint density at radius 3 is 2.29 bits per heavy atom. The van der Waals surface area contributed by atoms with Gasteiger partial charge in [0.15, 0.2) is 0 Å². The van der Waals surface area contributed by atoms with Crippen LogP contribution in [0.3, 0.4) is 0 Å². The summed E-state index contributed by atoms with van der Waals surface area (Å²) in [6.45, 7) is 3.39. The van der Waals surface area contributed by atoms with Crippen molar-refractivity contribution in [1.29, 1.82) is 0 Å². The van der Waals surface area contributed by atoms with E-state index in [9.17, 15) is 19.2 Å². The Morgan fingerprint density at radius 1 is 0.893 bits per heavy atom. The lowest BCUT2D eigenvalue weighted by Crippen LogP contribution is -2.40. The summed E-state index contributed by atoms with van der Waals surface area (Å²) in [5.41, 5.74) is 2.94. The Bertz CT molecular complexity index is 924. The second kappa shape index (κ2) is 9.31. The molecule has 0 aromatic heterocycles. The molecule has 3 amide bonds. The standard InChI is InChI=1S/C20H21N3O5/c1-12-8-9-14(10-13(12)2)22-19(26)18(25)21-11-17(24)23-16-7-5-4-6-15(16)20(27)28-3/h4-10H,11H2,1-3H3,(H,21,25)(H,22,26)(H,23,24).